The summed E-state index contributed by atoms with van der Waals surface area (Å²) in [6.45, 7) is 3.94. The fourth-order valence-electron chi connectivity index (χ4n) is 2.44. The molecule has 0 aliphatic carbocycles. The molecule has 1 aromatic heterocycles. The van der Waals surface area contributed by atoms with Crippen molar-refractivity contribution in [2.75, 3.05) is 0 Å². The molecule has 1 heterocycles. The summed E-state index contributed by atoms with van der Waals surface area (Å²) in [6, 6.07) is 18.1. The smallest absolute Gasteiger partial charge is 0.234 e. The number of carbonyl (C=O) groups excluding carboxylic acids is 1. The van der Waals surface area contributed by atoms with Gasteiger partial charge >= 0.3 is 0 Å². The first-order chi connectivity index (χ1) is 12.1. The first kappa shape index (κ1) is 17.6. The van der Waals surface area contributed by atoms with Crippen molar-refractivity contribution in [2.45, 2.75) is 29.5 Å². The number of benzene rings is 2. The zero-order valence-corrected chi connectivity index (χ0v) is 15.7. The number of hydrogen-bond donors (Lipinski definition) is 1. The van der Waals surface area contributed by atoms with Gasteiger partial charge in [-0.15, -0.1) is 10.2 Å². The predicted octanol–water partition coefficient (Wildman–Crippen LogP) is 4.23. The van der Waals surface area contributed by atoms with Gasteiger partial charge in [-0.1, -0.05) is 83.3 Å². The third-order valence-corrected chi connectivity index (χ3v) is 5.73. The highest BCUT2D eigenvalue weighted by Crippen LogP contribution is 2.27. The maximum absolute atomic E-state index is 12.7. The summed E-state index contributed by atoms with van der Waals surface area (Å²) in [5.74, 6) is -0.0189. The van der Waals surface area contributed by atoms with Gasteiger partial charge in [0.15, 0.2) is 4.34 Å². The van der Waals surface area contributed by atoms with E-state index in [0.717, 1.165) is 15.5 Å². The Hall–Kier alpha value is -2.18. The van der Waals surface area contributed by atoms with Crippen molar-refractivity contribution in [3.8, 4) is 0 Å². The summed E-state index contributed by atoms with van der Waals surface area (Å²) in [5.41, 5.74) is 5.00. The monoisotopic (exact) mass is 369 g/mol. The second kappa shape index (κ2) is 8.27. The van der Waals surface area contributed by atoms with E-state index in [0.29, 0.717) is 0 Å². The maximum Gasteiger partial charge on any atom is 0.234 e. The quantitative estimate of drug-likeness (QED) is 0.661. The van der Waals surface area contributed by atoms with Gasteiger partial charge < -0.3 is 5.32 Å². The summed E-state index contributed by atoms with van der Waals surface area (Å²) in [5, 5.41) is 10.7. The summed E-state index contributed by atoms with van der Waals surface area (Å²) in [6.07, 6.45) is 0. The number of aryl methyl sites for hydroxylation is 1. The molecule has 1 N–H and O–H groups in total. The van der Waals surface area contributed by atoms with Crippen LogP contribution in [0.15, 0.2) is 64.4 Å². The van der Waals surface area contributed by atoms with E-state index in [2.05, 4.69) is 46.7 Å². The van der Waals surface area contributed by atoms with Crippen molar-refractivity contribution < 1.29 is 4.79 Å². The number of amides is 1. The Labute approximate surface area is 155 Å². The molecule has 0 spiro atoms. The van der Waals surface area contributed by atoms with Crippen LogP contribution in [0.5, 0.6) is 0 Å². The first-order valence-electron chi connectivity index (χ1n) is 7.98. The van der Waals surface area contributed by atoms with Gasteiger partial charge in [0.05, 0.1) is 11.3 Å². The Morgan fingerprint density at radius 3 is 2.40 bits per heavy atom. The van der Waals surface area contributed by atoms with Crippen LogP contribution in [0.25, 0.3) is 0 Å². The molecule has 25 heavy (non-hydrogen) atoms. The molecule has 128 valence electrons. The highest BCUT2D eigenvalue weighted by molar-refractivity contribution is 8.02. The molecule has 0 radical (unpaired) electrons. The van der Waals surface area contributed by atoms with Crippen molar-refractivity contribution in [3.63, 3.8) is 0 Å². The zero-order chi connectivity index (χ0) is 17.6. The second-order valence-corrected chi connectivity index (χ2v) is 8.15. The lowest BCUT2D eigenvalue weighted by Gasteiger charge is -2.22. The third-order valence-electron chi connectivity index (χ3n) is 3.82. The molecule has 0 bridgehead atoms. The van der Waals surface area contributed by atoms with Gasteiger partial charge in [-0.3, -0.25) is 4.79 Å². The van der Waals surface area contributed by atoms with Crippen LogP contribution in [0.3, 0.4) is 0 Å². The highest BCUT2D eigenvalue weighted by Gasteiger charge is 2.22. The Kier molecular flexibility index (Phi) is 5.83. The van der Waals surface area contributed by atoms with Crippen LogP contribution in [0.2, 0.25) is 0 Å². The minimum Gasteiger partial charge on any atom is -0.344 e. The van der Waals surface area contributed by atoms with Crippen LogP contribution >= 0.6 is 23.1 Å². The van der Waals surface area contributed by atoms with Crippen molar-refractivity contribution in [2.24, 2.45) is 0 Å². The van der Waals surface area contributed by atoms with Gasteiger partial charge in [-0.25, -0.2) is 0 Å². The average molecular weight is 370 g/mol. The van der Waals surface area contributed by atoms with Crippen LogP contribution < -0.4 is 5.32 Å². The van der Waals surface area contributed by atoms with E-state index in [1.165, 1.54) is 28.7 Å². The normalized spacial score (nSPS) is 13.2. The van der Waals surface area contributed by atoms with E-state index < -0.39 is 0 Å². The predicted molar refractivity (Wildman–Crippen MR) is 103 cm³/mol. The molecule has 3 aromatic rings. The van der Waals surface area contributed by atoms with E-state index in [-0.39, 0.29) is 17.2 Å². The molecule has 0 unspecified atom stereocenters. The summed E-state index contributed by atoms with van der Waals surface area (Å²) >= 11 is 2.87. The molecular weight excluding hydrogens is 350 g/mol. The fourth-order valence-corrected chi connectivity index (χ4v) is 4.08. The number of hydrogen-bond acceptors (Lipinski definition) is 5. The van der Waals surface area contributed by atoms with E-state index in [4.69, 9.17) is 0 Å². The molecule has 1 amide bonds. The summed E-state index contributed by atoms with van der Waals surface area (Å²) < 4.78 is 0.800. The molecule has 2 aromatic carbocycles. The third kappa shape index (κ3) is 4.67. The van der Waals surface area contributed by atoms with Crippen molar-refractivity contribution in [1.82, 2.24) is 15.5 Å². The van der Waals surface area contributed by atoms with Gasteiger partial charge in [-0.2, -0.15) is 0 Å². The van der Waals surface area contributed by atoms with Crippen molar-refractivity contribution in [3.05, 3.63) is 76.8 Å². The Bertz CT molecular complexity index is 804. The molecule has 4 nitrogen and oxygen atoms in total. The molecule has 0 saturated heterocycles. The zero-order valence-electron chi connectivity index (χ0n) is 14.0. The summed E-state index contributed by atoms with van der Waals surface area (Å²) in [4.78, 5) is 12.7. The molecular formula is C19H19N3OS2. The number of nitrogens with one attached hydrogen (secondary N) is 1. The van der Waals surface area contributed by atoms with Crippen LogP contribution in [-0.2, 0) is 4.79 Å². The molecule has 0 aliphatic heterocycles. The first-order valence-corrected chi connectivity index (χ1v) is 9.74. The topological polar surface area (TPSA) is 54.9 Å². The van der Waals surface area contributed by atoms with E-state index in [1.54, 1.807) is 5.51 Å². The van der Waals surface area contributed by atoms with E-state index >= 15 is 0 Å². The Morgan fingerprint density at radius 1 is 1.08 bits per heavy atom. The van der Waals surface area contributed by atoms with Crippen LogP contribution in [0, 0.1) is 6.92 Å². The number of rotatable bonds is 6. The van der Waals surface area contributed by atoms with Gasteiger partial charge in [0.1, 0.15) is 5.51 Å². The van der Waals surface area contributed by atoms with Gasteiger partial charge in [0.25, 0.3) is 0 Å². The molecule has 2 atom stereocenters. The Morgan fingerprint density at radius 2 is 1.76 bits per heavy atom. The summed E-state index contributed by atoms with van der Waals surface area (Å²) in [7, 11) is 0. The molecule has 0 fully saturated rings. The number of nitrogens with zero attached hydrogens (tertiary/aromatic N) is 2. The molecule has 0 aliphatic rings. The molecule has 3 rings (SSSR count). The van der Waals surface area contributed by atoms with Gasteiger partial charge in [-0.05, 0) is 25.0 Å². The highest BCUT2D eigenvalue weighted by atomic mass is 32.2. The van der Waals surface area contributed by atoms with Gasteiger partial charge in [0, 0.05) is 0 Å². The number of aromatic nitrogens is 2. The Balaban J connectivity index is 1.79. The van der Waals surface area contributed by atoms with Crippen LogP contribution in [-0.4, -0.2) is 21.4 Å². The molecule has 6 heteroatoms. The van der Waals surface area contributed by atoms with Crippen LogP contribution in [0.4, 0.5) is 0 Å². The second-order valence-electron chi connectivity index (χ2n) is 5.73. The van der Waals surface area contributed by atoms with Crippen molar-refractivity contribution >= 4 is 29.0 Å². The maximum atomic E-state index is 12.7. The number of thioether (sulfide) groups is 1. The minimum atomic E-state index is -0.246. The SMILES string of the molecule is Cc1ccc([C@@H](NC(=O)[C@@H](C)Sc2nncs2)c2ccccc2)cc1. The average Bonchev–Trinajstić information content (AvgIpc) is 3.14. The lowest BCUT2D eigenvalue weighted by molar-refractivity contribution is -0.120. The van der Waals surface area contributed by atoms with Crippen molar-refractivity contribution in [1.29, 1.82) is 0 Å². The standard InChI is InChI=1S/C19H19N3OS2/c1-13-8-10-16(11-9-13)17(15-6-4-3-5-7-15)21-18(23)14(2)25-19-22-20-12-24-19/h3-12,14,17H,1-2H3,(H,21,23)/t14-,17+/m1/s1. The molecule has 0 saturated carbocycles. The largest absolute Gasteiger partial charge is 0.344 e. The van der Waals surface area contributed by atoms with Gasteiger partial charge in [0.2, 0.25) is 5.91 Å². The lowest BCUT2D eigenvalue weighted by atomic mass is 9.97. The fraction of sp³-hybridized carbons (Fsp3) is 0.211. The minimum absolute atomic E-state index is 0.0189. The lowest BCUT2D eigenvalue weighted by Crippen LogP contribution is -2.34. The van der Waals surface area contributed by atoms with E-state index in [9.17, 15) is 4.79 Å². The number of carbonyl (C=O) groups is 1. The van der Waals surface area contributed by atoms with Crippen LogP contribution in [0.1, 0.15) is 29.7 Å². The van der Waals surface area contributed by atoms with E-state index in [1.807, 2.05) is 37.3 Å².